The second-order valence-electron chi connectivity index (χ2n) is 4.13. The van der Waals surface area contributed by atoms with E-state index < -0.39 is 0 Å². The standard InChI is InChI=1S/C13H14FNO/c1-8(2)11-5-4-10(14)6-12(11)13-7-15-9(3)16-13/h4-8H,1-3H3. The Balaban J connectivity index is 2.57. The van der Waals surface area contributed by atoms with Crippen molar-refractivity contribution in [2.24, 2.45) is 0 Å². The van der Waals surface area contributed by atoms with E-state index in [9.17, 15) is 4.39 Å². The highest BCUT2D eigenvalue weighted by Crippen LogP contribution is 2.30. The molecule has 1 aromatic carbocycles. The van der Waals surface area contributed by atoms with Gasteiger partial charge in [0.2, 0.25) is 0 Å². The van der Waals surface area contributed by atoms with Crippen LogP contribution in [0.3, 0.4) is 0 Å². The van der Waals surface area contributed by atoms with Gasteiger partial charge in [0.25, 0.3) is 0 Å². The summed E-state index contributed by atoms with van der Waals surface area (Å²) in [6.07, 6.45) is 1.63. The molecule has 0 spiro atoms. The van der Waals surface area contributed by atoms with Gasteiger partial charge in [-0.3, -0.25) is 0 Å². The summed E-state index contributed by atoms with van der Waals surface area (Å²) in [6, 6.07) is 4.77. The molecule has 1 heterocycles. The fraction of sp³-hybridized carbons (Fsp3) is 0.308. The van der Waals surface area contributed by atoms with Crippen molar-refractivity contribution in [1.29, 1.82) is 0 Å². The molecule has 1 aromatic heterocycles. The molecule has 3 heteroatoms. The highest BCUT2D eigenvalue weighted by atomic mass is 19.1. The molecule has 0 atom stereocenters. The molecule has 2 aromatic rings. The molecule has 2 rings (SSSR count). The van der Waals surface area contributed by atoms with Crippen LogP contribution < -0.4 is 0 Å². The highest BCUT2D eigenvalue weighted by Gasteiger charge is 2.13. The topological polar surface area (TPSA) is 26.0 Å². The minimum atomic E-state index is -0.256. The lowest BCUT2D eigenvalue weighted by molar-refractivity contribution is 0.532. The van der Waals surface area contributed by atoms with Crippen molar-refractivity contribution in [1.82, 2.24) is 4.98 Å². The minimum Gasteiger partial charge on any atom is -0.441 e. The van der Waals surface area contributed by atoms with Gasteiger partial charge in [0, 0.05) is 12.5 Å². The maximum absolute atomic E-state index is 13.2. The number of hydrogen-bond donors (Lipinski definition) is 0. The molecule has 84 valence electrons. The molecule has 0 saturated carbocycles. The van der Waals surface area contributed by atoms with Gasteiger partial charge in [0.15, 0.2) is 11.7 Å². The van der Waals surface area contributed by atoms with Crippen LogP contribution in [0.1, 0.15) is 31.2 Å². The first-order chi connectivity index (χ1) is 7.58. The normalized spacial score (nSPS) is 11.1. The zero-order valence-corrected chi connectivity index (χ0v) is 9.62. The average molecular weight is 219 g/mol. The van der Waals surface area contributed by atoms with Crippen LogP contribution in [0.25, 0.3) is 11.3 Å². The van der Waals surface area contributed by atoms with Crippen LogP contribution in [0.15, 0.2) is 28.8 Å². The number of aryl methyl sites for hydroxylation is 1. The predicted octanol–water partition coefficient (Wildman–Crippen LogP) is 3.91. The van der Waals surface area contributed by atoms with Gasteiger partial charge in [-0.05, 0) is 23.6 Å². The fourth-order valence-corrected chi connectivity index (χ4v) is 1.73. The summed E-state index contributed by atoms with van der Waals surface area (Å²) >= 11 is 0. The van der Waals surface area contributed by atoms with E-state index >= 15 is 0 Å². The molecule has 0 fully saturated rings. The molecule has 0 saturated heterocycles. The van der Waals surface area contributed by atoms with Crippen LogP contribution in [0.5, 0.6) is 0 Å². The lowest BCUT2D eigenvalue weighted by atomic mass is 9.96. The van der Waals surface area contributed by atoms with Crippen LogP contribution in [0, 0.1) is 12.7 Å². The summed E-state index contributed by atoms with van der Waals surface area (Å²) in [4.78, 5) is 4.03. The molecular formula is C13H14FNO. The van der Waals surface area contributed by atoms with Gasteiger partial charge in [-0.2, -0.15) is 0 Å². The maximum Gasteiger partial charge on any atom is 0.191 e. The number of halogens is 1. The van der Waals surface area contributed by atoms with E-state index in [2.05, 4.69) is 18.8 Å². The molecular weight excluding hydrogens is 205 g/mol. The van der Waals surface area contributed by atoms with Crippen LogP contribution in [0.4, 0.5) is 4.39 Å². The van der Waals surface area contributed by atoms with Gasteiger partial charge in [0.05, 0.1) is 6.20 Å². The predicted molar refractivity (Wildman–Crippen MR) is 60.7 cm³/mol. The lowest BCUT2D eigenvalue weighted by Crippen LogP contribution is -1.92. The lowest BCUT2D eigenvalue weighted by Gasteiger charge is -2.10. The van der Waals surface area contributed by atoms with Gasteiger partial charge in [-0.15, -0.1) is 0 Å². The van der Waals surface area contributed by atoms with Crippen molar-refractivity contribution in [3.63, 3.8) is 0 Å². The van der Waals surface area contributed by atoms with E-state index in [1.54, 1.807) is 19.2 Å². The van der Waals surface area contributed by atoms with Gasteiger partial charge in [-0.1, -0.05) is 19.9 Å². The molecule has 0 radical (unpaired) electrons. The molecule has 0 unspecified atom stereocenters. The summed E-state index contributed by atoms with van der Waals surface area (Å²) < 4.78 is 18.7. The van der Waals surface area contributed by atoms with Crippen LogP contribution in [-0.4, -0.2) is 4.98 Å². The Morgan fingerprint density at radius 2 is 2.06 bits per heavy atom. The summed E-state index contributed by atoms with van der Waals surface area (Å²) in [5.41, 5.74) is 1.85. The third kappa shape index (κ3) is 1.98. The number of hydrogen-bond acceptors (Lipinski definition) is 2. The van der Waals surface area contributed by atoms with E-state index in [1.165, 1.54) is 12.1 Å². The third-order valence-electron chi connectivity index (χ3n) is 2.52. The average Bonchev–Trinajstić information content (AvgIpc) is 2.64. The summed E-state index contributed by atoms with van der Waals surface area (Å²) in [5.74, 6) is 1.28. The third-order valence-corrected chi connectivity index (χ3v) is 2.52. The summed E-state index contributed by atoms with van der Waals surface area (Å²) in [5, 5.41) is 0. The van der Waals surface area contributed by atoms with Gasteiger partial charge < -0.3 is 4.42 Å². The Kier molecular flexibility index (Phi) is 2.77. The summed E-state index contributed by atoms with van der Waals surface area (Å²) in [6.45, 7) is 5.91. The zero-order valence-electron chi connectivity index (χ0n) is 9.62. The molecule has 0 bridgehead atoms. The van der Waals surface area contributed by atoms with Crippen molar-refractivity contribution in [2.45, 2.75) is 26.7 Å². The summed E-state index contributed by atoms with van der Waals surface area (Å²) in [7, 11) is 0. The number of nitrogens with zero attached hydrogens (tertiary/aromatic N) is 1. The molecule has 0 amide bonds. The minimum absolute atomic E-state index is 0.256. The molecule has 0 aliphatic rings. The van der Waals surface area contributed by atoms with Gasteiger partial charge >= 0.3 is 0 Å². The Labute approximate surface area is 94.1 Å². The fourth-order valence-electron chi connectivity index (χ4n) is 1.73. The number of rotatable bonds is 2. The second kappa shape index (κ2) is 4.08. The first kappa shape index (κ1) is 10.9. The number of oxazole rings is 1. The first-order valence-corrected chi connectivity index (χ1v) is 5.30. The second-order valence-corrected chi connectivity index (χ2v) is 4.13. The quantitative estimate of drug-likeness (QED) is 0.765. The van der Waals surface area contributed by atoms with Crippen LogP contribution >= 0.6 is 0 Å². The van der Waals surface area contributed by atoms with E-state index in [4.69, 9.17) is 4.42 Å². The Morgan fingerprint density at radius 3 is 2.62 bits per heavy atom. The van der Waals surface area contributed by atoms with E-state index in [1.807, 2.05) is 0 Å². The monoisotopic (exact) mass is 219 g/mol. The first-order valence-electron chi connectivity index (χ1n) is 5.30. The van der Waals surface area contributed by atoms with Crippen molar-refractivity contribution < 1.29 is 8.81 Å². The highest BCUT2D eigenvalue weighted by molar-refractivity contribution is 5.62. The zero-order chi connectivity index (χ0) is 11.7. The molecule has 2 nitrogen and oxygen atoms in total. The van der Waals surface area contributed by atoms with Crippen LogP contribution in [-0.2, 0) is 0 Å². The van der Waals surface area contributed by atoms with Crippen molar-refractivity contribution in [2.75, 3.05) is 0 Å². The van der Waals surface area contributed by atoms with Crippen molar-refractivity contribution in [3.05, 3.63) is 41.7 Å². The Hall–Kier alpha value is -1.64. The smallest absolute Gasteiger partial charge is 0.191 e. The number of benzene rings is 1. The number of aromatic nitrogens is 1. The Bertz CT molecular complexity index is 502. The van der Waals surface area contributed by atoms with Gasteiger partial charge in [-0.25, -0.2) is 9.37 Å². The molecule has 16 heavy (non-hydrogen) atoms. The van der Waals surface area contributed by atoms with Gasteiger partial charge in [0.1, 0.15) is 5.82 Å². The molecule has 0 aliphatic carbocycles. The van der Waals surface area contributed by atoms with Crippen molar-refractivity contribution >= 4 is 0 Å². The van der Waals surface area contributed by atoms with E-state index in [0.717, 1.165) is 11.1 Å². The Morgan fingerprint density at radius 1 is 1.31 bits per heavy atom. The maximum atomic E-state index is 13.2. The van der Waals surface area contributed by atoms with Crippen molar-refractivity contribution in [3.8, 4) is 11.3 Å². The molecule has 0 N–H and O–H groups in total. The largest absolute Gasteiger partial charge is 0.441 e. The molecule has 0 aliphatic heterocycles. The van der Waals surface area contributed by atoms with Crippen LogP contribution in [0.2, 0.25) is 0 Å². The SMILES string of the molecule is Cc1ncc(-c2cc(F)ccc2C(C)C)o1. The van der Waals surface area contributed by atoms with E-state index in [0.29, 0.717) is 17.6 Å². The van der Waals surface area contributed by atoms with E-state index in [-0.39, 0.29) is 5.82 Å².